The average molecular weight is 434 g/mol. The van der Waals surface area contributed by atoms with Crippen molar-refractivity contribution < 1.29 is 23.9 Å². The quantitative estimate of drug-likeness (QED) is 0.635. The molecule has 2 aliphatic rings. The first-order chi connectivity index (χ1) is 14.4. The summed E-state index contributed by atoms with van der Waals surface area (Å²) in [5.41, 5.74) is -0.602. The molecule has 0 spiro atoms. The van der Waals surface area contributed by atoms with E-state index in [1.165, 1.54) is 4.90 Å². The fraction of sp³-hybridized carbons (Fsp3) is 0.609. The fourth-order valence-electron chi connectivity index (χ4n) is 3.83. The Kier molecular flexibility index (Phi) is 6.41. The molecule has 7 nitrogen and oxygen atoms in total. The van der Waals surface area contributed by atoms with Gasteiger partial charge in [-0.3, -0.25) is 14.4 Å². The van der Waals surface area contributed by atoms with E-state index in [-0.39, 0.29) is 31.7 Å². The van der Waals surface area contributed by atoms with Crippen molar-refractivity contribution in [2.24, 2.45) is 5.41 Å². The van der Waals surface area contributed by atoms with Crippen LogP contribution in [0.1, 0.15) is 51.2 Å². The van der Waals surface area contributed by atoms with E-state index in [1.54, 1.807) is 20.8 Å². The third-order valence-electron chi connectivity index (χ3n) is 6.06. The zero-order valence-electron chi connectivity index (χ0n) is 18.6. The predicted octanol–water partition coefficient (Wildman–Crippen LogP) is 1.61. The van der Waals surface area contributed by atoms with Crippen molar-refractivity contribution in [3.63, 3.8) is 0 Å². The Morgan fingerprint density at radius 1 is 1.26 bits per heavy atom. The first-order valence-corrected chi connectivity index (χ1v) is 10.7. The highest BCUT2D eigenvalue weighted by Gasteiger charge is 2.53. The minimum absolute atomic E-state index is 0.00942. The molecule has 3 atom stereocenters. The Hall–Kier alpha value is -2.48. The zero-order chi connectivity index (χ0) is 23.0. The lowest BCUT2D eigenvalue weighted by molar-refractivity contribution is -0.145. The number of nitrogens with one attached hydrogen (secondary N) is 2. The molecule has 1 heterocycles. The summed E-state index contributed by atoms with van der Waals surface area (Å²) in [6, 6.07) is 5.80. The van der Waals surface area contributed by atoms with Crippen molar-refractivity contribution >= 4 is 17.7 Å². The summed E-state index contributed by atoms with van der Waals surface area (Å²) in [5, 5.41) is 15.6. The van der Waals surface area contributed by atoms with Crippen LogP contribution < -0.4 is 10.6 Å². The maximum atomic E-state index is 14.2. The van der Waals surface area contributed by atoms with Crippen molar-refractivity contribution in [1.29, 1.82) is 0 Å². The highest BCUT2D eigenvalue weighted by molar-refractivity contribution is 5.95. The molecule has 3 N–H and O–H groups in total. The number of amides is 3. The second kappa shape index (κ2) is 8.57. The number of benzene rings is 1. The summed E-state index contributed by atoms with van der Waals surface area (Å²) < 4.78 is 14.2. The molecule has 0 radical (unpaired) electrons. The second-order valence-electron chi connectivity index (χ2n) is 9.78. The average Bonchev–Trinajstić information content (AvgIpc) is 3.32. The van der Waals surface area contributed by atoms with Crippen LogP contribution in [-0.4, -0.2) is 58.1 Å². The first-order valence-electron chi connectivity index (χ1n) is 10.7. The van der Waals surface area contributed by atoms with E-state index in [4.69, 9.17) is 0 Å². The molecule has 2 fully saturated rings. The maximum Gasteiger partial charge on any atom is 0.258 e. The van der Waals surface area contributed by atoms with E-state index >= 15 is 0 Å². The van der Waals surface area contributed by atoms with Gasteiger partial charge in [0.25, 0.3) is 5.91 Å². The van der Waals surface area contributed by atoms with Crippen LogP contribution in [0.4, 0.5) is 4.39 Å². The predicted molar refractivity (Wildman–Crippen MR) is 114 cm³/mol. The number of β-amino-alcohol motifs (C(OH)–C–C–N with tert-alkyl or cyclic N) is 1. The number of hydrogen-bond donors (Lipinski definition) is 3. The number of likely N-dealkylation sites (tertiary alicyclic amines) is 1. The molecule has 1 aliphatic carbocycles. The smallest absolute Gasteiger partial charge is 0.258 e. The van der Waals surface area contributed by atoms with Gasteiger partial charge in [0.1, 0.15) is 12.1 Å². The van der Waals surface area contributed by atoms with E-state index in [0.29, 0.717) is 6.54 Å². The molecule has 31 heavy (non-hydrogen) atoms. The number of aliphatic hydroxyl groups excluding tert-OH is 1. The number of halogens is 1. The van der Waals surface area contributed by atoms with Gasteiger partial charge in [-0.15, -0.1) is 0 Å². The van der Waals surface area contributed by atoms with Crippen molar-refractivity contribution in [2.45, 2.75) is 77.4 Å². The number of alkyl halides is 1. The summed E-state index contributed by atoms with van der Waals surface area (Å²) in [6.45, 7) is 7.56. The zero-order valence-corrected chi connectivity index (χ0v) is 18.6. The highest BCUT2D eigenvalue weighted by atomic mass is 19.1. The van der Waals surface area contributed by atoms with Crippen LogP contribution in [-0.2, 0) is 20.9 Å². The van der Waals surface area contributed by atoms with Crippen LogP contribution in [0.25, 0.3) is 0 Å². The van der Waals surface area contributed by atoms with E-state index in [0.717, 1.165) is 11.1 Å². The molecule has 1 saturated carbocycles. The monoisotopic (exact) mass is 433 g/mol. The standard InChI is InChI=1S/C23H32FN3O4/c1-14-7-5-6-8-15(14)12-25-19(29)17-11-16(28)13-27(17)20(30)18(22(2,3)4)26-21(31)23(24)9-10-23/h5-8,16-18,28H,9-13H2,1-4H3,(H,25,29)(H,26,31)/t16-,17+,18-/m1/s1. The third kappa shape index (κ3) is 5.23. The molecular formula is C23H32FN3O4. The van der Waals surface area contributed by atoms with Gasteiger partial charge in [-0.2, -0.15) is 0 Å². The minimum atomic E-state index is -1.90. The topological polar surface area (TPSA) is 98.7 Å². The lowest BCUT2D eigenvalue weighted by Gasteiger charge is -2.35. The van der Waals surface area contributed by atoms with Crippen LogP contribution in [0.15, 0.2) is 24.3 Å². The lowest BCUT2D eigenvalue weighted by Crippen LogP contribution is -2.59. The molecule has 0 bridgehead atoms. The Morgan fingerprint density at radius 2 is 1.90 bits per heavy atom. The van der Waals surface area contributed by atoms with Crippen LogP contribution in [0.2, 0.25) is 0 Å². The maximum absolute atomic E-state index is 14.2. The number of rotatable bonds is 6. The first kappa shape index (κ1) is 23.2. The van der Waals surface area contributed by atoms with Gasteiger partial charge < -0.3 is 20.6 Å². The number of carbonyl (C=O) groups is 3. The number of hydrogen-bond acceptors (Lipinski definition) is 4. The third-order valence-corrected chi connectivity index (χ3v) is 6.06. The molecule has 0 unspecified atom stereocenters. The Labute approximate surface area is 182 Å². The number of aliphatic hydroxyl groups is 1. The van der Waals surface area contributed by atoms with Crippen molar-refractivity contribution in [3.05, 3.63) is 35.4 Å². The Bertz CT molecular complexity index is 863. The fourth-order valence-corrected chi connectivity index (χ4v) is 3.83. The molecule has 1 aromatic rings. The largest absolute Gasteiger partial charge is 0.391 e. The lowest BCUT2D eigenvalue weighted by atomic mass is 9.85. The van der Waals surface area contributed by atoms with Gasteiger partial charge in [-0.1, -0.05) is 45.0 Å². The molecule has 170 valence electrons. The summed E-state index contributed by atoms with van der Waals surface area (Å²) in [5.74, 6) is -1.64. The molecule has 1 aromatic carbocycles. The Morgan fingerprint density at radius 3 is 2.48 bits per heavy atom. The van der Waals surface area contributed by atoms with Crippen molar-refractivity contribution in [3.8, 4) is 0 Å². The summed E-state index contributed by atoms with van der Waals surface area (Å²) in [7, 11) is 0. The SMILES string of the molecule is Cc1ccccc1CNC(=O)[C@@H]1C[C@@H](O)CN1C(=O)[C@@H](NC(=O)C1(F)CC1)C(C)(C)C. The summed E-state index contributed by atoms with van der Waals surface area (Å²) in [6.07, 6.45) is -0.430. The number of nitrogens with zero attached hydrogens (tertiary/aromatic N) is 1. The van der Waals surface area contributed by atoms with E-state index in [2.05, 4.69) is 10.6 Å². The van der Waals surface area contributed by atoms with Gasteiger partial charge in [-0.05, 0) is 36.3 Å². The molecule has 3 rings (SSSR count). The van der Waals surface area contributed by atoms with Gasteiger partial charge in [0.15, 0.2) is 5.67 Å². The van der Waals surface area contributed by atoms with E-state index in [1.807, 2.05) is 31.2 Å². The molecule has 1 saturated heterocycles. The van der Waals surface area contributed by atoms with Crippen LogP contribution in [0.5, 0.6) is 0 Å². The Balaban J connectivity index is 1.73. The van der Waals surface area contributed by atoms with Crippen LogP contribution in [0, 0.1) is 12.3 Å². The molecule has 3 amide bonds. The van der Waals surface area contributed by atoms with Gasteiger partial charge in [0.2, 0.25) is 11.8 Å². The normalized spacial score (nSPS) is 23.2. The summed E-state index contributed by atoms with van der Waals surface area (Å²) in [4.78, 5) is 39.9. The highest BCUT2D eigenvalue weighted by Crippen LogP contribution is 2.40. The van der Waals surface area contributed by atoms with Crippen molar-refractivity contribution in [2.75, 3.05) is 6.54 Å². The minimum Gasteiger partial charge on any atom is -0.391 e. The molecule has 0 aromatic heterocycles. The van der Waals surface area contributed by atoms with Crippen molar-refractivity contribution in [1.82, 2.24) is 15.5 Å². The van der Waals surface area contributed by atoms with Crippen LogP contribution >= 0.6 is 0 Å². The van der Waals surface area contributed by atoms with Gasteiger partial charge in [-0.25, -0.2) is 4.39 Å². The number of carbonyl (C=O) groups excluding carboxylic acids is 3. The van der Waals surface area contributed by atoms with Gasteiger partial charge in [0.05, 0.1) is 6.10 Å². The molecule has 8 heteroatoms. The summed E-state index contributed by atoms with van der Waals surface area (Å²) >= 11 is 0. The van der Waals surface area contributed by atoms with Crippen LogP contribution in [0.3, 0.4) is 0 Å². The van der Waals surface area contributed by atoms with Gasteiger partial charge in [0, 0.05) is 19.5 Å². The van der Waals surface area contributed by atoms with E-state index in [9.17, 15) is 23.9 Å². The molecule has 1 aliphatic heterocycles. The van der Waals surface area contributed by atoms with E-state index < -0.39 is 41.1 Å². The second-order valence-corrected chi connectivity index (χ2v) is 9.78. The number of aryl methyl sites for hydroxylation is 1. The van der Waals surface area contributed by atoms with Gasteiger partial charge >= 0.3 is 0 Å². The molecular weight excluding hydrogens is 401 g/mol.